The Morgan fingerprint density at radius 1 is 1.30 bits per heavy atom. The number of sulfone groups is 1. The van der Waals surface area contributed by atoms with Crippen LogP contribution in [0.25, 0.3) is 21.3 Å². The molecule has 2 aromatic heterocycles. The molecule has 0 aliphatic heterocycles. The number of H-pyrrole nitrogens is 1. The van der Waals surface area contributed by atoms with Crippen LogP contribution in [0.15, 0.2) is 28.5 Å². The van der Waals surface area contributed by atoms with Gasteiger partial charge in [0.05, 0.1) is 5.39 Å². The molecule has 3 rings (SSSR count). The number of anilines is 1. The summed E-state index contributed by atoms with van der Waals surface area (Å²) in [7, 11) is -3.34. The van der Waals surface area contributed by atoms with Crippen molar-refractivity contribution in [1.82, 2.24) is 10.2 Å². The van der Waals surface area contributed by atoms with Crippen LogP contribution in [0.4, 0.5) is 5.82 Å². The van der Waals surface area contributed by atoms with Gasteiger partial charge in [0.15, 0.2) is 9.84 Å². The SMILES string of the molecule is Cc1ccccc1-c1c(S(C)(=O)=O)sc2n[nH]c(N)c12. The van der Waals surface area contributed by atoms with E-state index < -0.39 is 9.84 Å². The lowest BCUT2D eigenvalue weighted by atomic mass is 10.0. The number of aryl methyl sites for hydroxylation is 1. The Labute approximate surface area is 120 Å². The zero-order valence-electron chi connectivity index (χ0n) is 11.0. The summed E-state index contributed by atoms with van der Waals surface area (Å²) in [5, 5.41) is 7.47. The minimum Gasteiger partial charge on any atom is -0.384 e. The summed E-state index contributed by atoms with van der Waals surface area (Å²) in [6.45, 7) is 1.95. The van der Waals surface area contributed by atoms with Gasteiger partial charge < -0.3 is 5.73 Å². The number of benzene rings is 1. The van der Waals surface area contributed by atoms with E-state index in [1.165, 1.54) is 6.26 Å². The van der Waals surface area contributed by atoms with Gasteiger partial charge in [-0.05, 0) is 18.1 Å². The molecule has 7 heteroatoms. The number of thiophene rings is 1. The van der Waals surface area contributed by atoms with E-state index in [1.54, 1.807) is 0 Å². The molecular formula is C13H13N3O2S2. The van der Waals surface area contributed by atoms with Crippen LogP contribution in [0.3, 0.4) is 0 Å². The van der Waals surface area contributed by atoms with Gasteiger partial charge in [-0.2, -0.15) is 5.10 Å². The van der Waals surface area contributed by atoms with Crippen molar-refractivity contribution in [1.29, 1.82) is 0 Å². The summed E-state index contributed by atoms with van der Waals surface area (Å²) in [6.07, 6.45) is 1.21. The third-order valence-electron chi connectivity index (χ3n) is 3.16. The van der Waals surface area contributed by atoms with Gasteiger partial charge in [0.25, 0.3) is 0 Å². The molecule has 0 unspecified atom stereocenters. The lowest BCUT2D eigenvalue weighted by Gasteiger charge is -2.07. The van der Waals surface area contributed by atoms with Crippen LogP contribution in [0.2, 0.25) is 0 Å². The number of nitrogen functional groups attached to an aromatic ring is 1. The molecule has 3 N–H and O–H groups in total. The predicted octanol–water partition coefficient (Wildman–Crippen LogP) is 2.59. The van der Waals surface area contributed by atoms with E-state index in [1.807, 2.05) is 31.2 Å². The molecule has 0 fully saturated rings. The van der Waals surface area contributed by atoms with Crippen LogP contribution >= 0.6 is 11.3 Å². The first-order chi connectivity index (χ1) is 9.39. The zero-order chi connectivity index (χ0) is 14.5. The number of nitrogens with zero attached hydrogens (tertiary/aromatic N) is 1. The van der Waals surface area contributed by atoms with Gasteiger partial charge in [0.1, 0.15) is 14.9 Å². The first kappa shape index (κ1) is 13.1. The fraction of sp³-hybridized carbons (Fsp3) is 0.154. The molecule has 5 nitrogen and oxygen atoms in total. The van der Waals surface area contributed by atoms with Gasteiger partial charge in [-0.1, -0.05) is 24.3 Å². The van der Waals surface area contributed by atoms with Crippen molar-refractivity contribution < 1.29 is 8.42 Å². The average molecular weight is 307 g/mol. The smallest absolute Gasteiger partial charge is 0.185 e. The number of nitrogens with two attached hydrogens (primary N) is 1. The van der Waals surface area contributed by atoms with Crippen LogP contribution in [0.1, 0.15) is 5.56 Å². The number of nitrogens with one attached hydrogen (secondary N) is 1. The van der Waals surface area contributed by atoms with Crippen molar-refractivity contribution >= 4 is 37.2 Å². The molecule has 0 radical (unpaired) electrons. The van der Waals surface area contributed by atoms with E-state index >= 15 is 0 Å². The number of hydrogen-bond donors (Lipinski definition) is 2. The van der Waals surface area contributed by atoms with E-state index in [0.29, 0.717) is 25.8 Å². The highest BCUT2D eigenvalue weighted by Gasteiger charge is 2.25. The van der Waals surface area contributed by atoms with Gasteiger partial charge in [-0.25, -0.2) is 8.42 Å². The molecule has 1 aromatic carbocycles. The van der Waals surface area contributed by atoms with Gasteiger partial charge in [0, 0.05) is 11.8 Å². The van der Waals surface area contributed by atoms with Crippen molar-refractivity contribution in [2.45, 2.75) is 11.1 Å². The molecule has 0 aliphatic rings. The number of aromatic amines is 1. The topological polar surface area (TPSA) is 88.8 Å². The quantitative estimate of drug-likeness (QED) is 0.761. The minimum atomic E-state index is -3.34. The van der Waals surface area contributed by atoms with Crippen molar-refractivity contribution in [2.75, 3.05) is 12.0 Å². The molecule has 104 valence electrons. The third kappa shape index (κ3) is 1.90. The first-order valence-electron chi connectivity index (χ1n) is 5.92. The number of aromatic nitrogens is 2. The largest absolute Gasteiger partial charge is 0.384 e. The van der Waals surface area contributed by atoms with Crippen molar-refractivity contribution in [3.05, 3.63) is 29.8 Å². The lowest BCUT2D eigenvalue weighted by Crippen LogP contribution is -1.97. The Bertz CT molecular complexity index is 907. The maximum absolute atomic E-state index is 12.0. The van der Waals surface area contributed by atoms with Gasteiger partial charge in [-0.15, -0.1) is 11.3 Å². The lowest BCUT2D eigenvalue weighted by molar-refractivity contribution is 0.604. The maximum atomic E-state index is 12.0. The zero-order valence-corrected chi connectivity index (χ0v) is 12.6. The minimum absolute atomic E-state index is 0.310. The Balaban J connectivity index is 2.49. The molecule has 0 amide bonds. The number of hydrogen-bond acceptors (Lipinski definition) is 5. The van der Waals surface area contributed by atoms with Gasteiger partial charge >= 0.3 is 0 Å². The molecule has 0 saturated heterocycles. The number of fused-ring (bicyclic) bond motifs is 1. The molecule has 20 heavy (non-hydrogen) atoms. The van der Waals surface area contributed by atoms with Crippen molar-refractivity contribution in [3.8, 4) is 11.1 Å². The van der Waals surface area contributed by atoms with Crippen molar-refractivity contribution in [3.63, 3.8) is 0 Å². The first-order valence-corrected chi connectivity index (χ1v) is 8.63. The summed E-state index contributed by atoms with van der Waals surface area (Å²) in [5.74, 6) is 0.393. The second-order valence-electron chi connectivity index (χ2n) is 4.67. The van der Waals surface area contributed by atoms with Crippen molar-refractivity contribution in [2.24, 2.45) is 0 Å². The van der Waals surface area contributed by atoms with E-state index in [4.69, 9.17) is 5.73 Å². The second-order valence-corrected chi connectivity index (χ2v) is 7.88. The van der Waals surface area contributed by atoms with E-state index in [2.05, 4.69) is 10.2 Å². The summed E-state index contributed by atoms with van der Waals surface area (Å²) < 4.78 is 24.4. The standard InChI is InChI=1S/C13H13N3O2S2/c1-7-5-3-4-6-8(7)9-10-11(14)15-16-12(10)19-13(9)20(2,17)18/h3-6H,1-2H3,(H3,14,15,16). The molecule has 0 spiro atoms. The molecular weight excluding hydrogens is 294 g/mol. The number of rotatable bonds is 2. The molecule has 0 saturated carbocycles. The summed E-state index contributed by atoms with van der Waals surface area (Å²) >= 11 is 1.14. The second kappa shape index (κ2) is 4.32. The van der Waals surface area contributed by atoms with E-state index in [0.717, 1.165) is 22.5 Å². The molecule has 3 aromatic rings. The summed E-state index contributed by atoms with van der Waals surface area (Å²) in [5.41, 5.74) is 8.43. The fourth-order valence-corrected chi connectivity index (χ4v) is 4.57. The highest BCUT2D eigenvalue weighted by Crippen LogP contribution is 2.43. The molecule has 0 bridgehead atoms. The van der Waals surface area contributed by atoms with Crippen LogP contribution in [-0.4, -0.2) is 24.9 Å². The van der Waals surface area contributed by atoms with E-state index in [9.17, 15) is 8.42 Å². The Hall–Kier alpha value is -1.86. The Morgan fingerprint density at radius 3 is 2.65 bits per heavy atom. The van der Waals surface area contributed by atoms with Crippen LogP contribution in [0, 0.1) is 6.92 Å². The van der Waals surface area contributed by atoms with Crippen LogP contribution < -0.4 is 5.73 Å². The predicted molar refractivity (Wildman–Crippen MR) is 81.7 cm³/mol. The summed E-state index contributed by atoms with van der Waals surface area (Å²) in [4.78, 5) is 0.612. The average Bonchev–Trinajstić information content (AvgIpc) is 2.90. The Morgan fingerprint density at radius 2 is 2.00 bits per heavy atom. The van der Waals surface area contributed by atoms with Crippen LogP contribution in [0.5, 0.6) is 0 Å². The van der Waals surface area contributed by atoms with Crippen LogP contribution in [-0.2, 0) is 9.84 Å². The normalized spacial score (nSPS) is 12.1. The highest BCUT2D eigenvalue weighted by atomic mass is 32.2. The molecule has 0 atom stereocenters. The van der Waals surface area contributed by atoms with Gasteiger partial charge in [-0.3, -0.25) is 5.10 Å². The Kier molecular flexibility index (Phi) is 2.84. The summed E-state index contributed by atoms with van der Waals surface area (Å²) in [6, 6.07) is 7.65. The maximum Gasteiger partial charge on any atom is 0.185 e. The fourth-order valence-electron chi connectivity index (χ4n) is 2.25. The third-order valence-corrected chi connectivity index (χ3v) is 6.07. The van der Waals surface area contributed by atoms with E-state index in [-0.39, 0.29) is 0 Å². The molecule has 2 heterocycles. The molecule has 0 aliphatic carbocycles. The monoisotopic (exact) mass is 307 g/mol. The van der Waals surface area contributed by atoms with Gasteiger partial charge in [0.2, 0.25) is 0 Å². The highest BCUT2D eigenvalue weighted by molar-refractivity contribution is 7.93.